The van der Waals surface area contributed by atoms with Crippen LogP contribution in [0.4, 0.5) is 11.5 Å². The summed E-state index contributed by atoms with van der Waals surface area (Å²) in [6, 6.07) is 15.4. The summed E-state index contributed by atoms with van der Waals surface area (Å²) in [5.74, 6) is 2.12. The lowest BCUT2D eigenvalue weighted by Crippen LogP contribution is -1.92. The largest absolute Gasteiger partial charge is 0.454 e. The second-order valence-electron chi connectivity index (χ2n) is 5.43. The van der Waals surface area contributed by atoms with E-state index in [2.05, 4.69) is 10.2 Å². The molecule has 7 heteroatoms. The van der Waals surface area contributed by atoms with Gasteiger partial charge < -0.3 is 9.47 Å². The van der Waals surface area contributed by atoms with Gasteiger partial charge in [0.25, 0.3) is 0 Å². The highest BCUT2D eigenvalue weighted by Gasteiger charge is 2.15. The van der Waals surface area contributed by atoms with Gasteiger partial charge in [-0.2, -0.15) is 0 Å². The monoisotopic (exact) mass is 348 g/mol. The summed E-state index contributed by atoms with van der Waals surface area (Å²) in [5, 5.41) is 10.9. The Morgan fingerprint density at radius 3 is 2.88 bits per heavy atom. The van der Waals surface area contributed by atoms with Crippen LogP contribution in [-0.4, -0.2) is 16.2 Å². The zero-order chi connectivity index (χ0) is 16.6. The van der Waals surface area contributed by atoms with E-state index in [9.17, 15) is 0 Å². The van der Waals surface area contributed by atoms with E-state index in [-0.39, 0.29) is 6.79 Å². The molecule has 0 unspecified atom stereocenters. The van der Waals surface area contributed by atoms with E-state index in [4.69, 9.17) is 14.5 Å². The molecule has 5 rings (SSSR count). The van der Waals surface area contributed by atoms with Crippen LogP contribution < -0.4 is 9.47 Å². The Bertz CT molecular complexity index is 1090. The van der Waals surface area contributed by atoms with Crippen LogP contribution in [0.1, 0.15) is 0 Å². The van der Waals surface area contributed by atoms with E-state index < -0.39 is 0 Å². The van der Waals surface area contributed by atoms with Gasteiger partial charge in [0.05, 0.1) is 10.6 Å². The summed E-state index contributed by atoms with van der Waals surface area (Å²) < 4.78 is 12.6. The van der Waals surface area contributed by atoms with Crippen molar-refractivity contribution in [2.45, 2.75) is 0 Å². The van der Waals surface area contributed by atoms with E-state index in [1.807, 2.05) is 64.5 Å². The van der Waals surface area contributed by atoms with Gasteiger partial charge in [0.1, 0.15) is 11.3 Å². The first-order valence-electron chi connectivity index (χ1n) is 7.71. The second-order valence-corrected chi connectivity index (χ2v) is 6.38. The van der Waals surface area contributed by atoms with Gasteiger partial charge in [-0.05, 0) is 35.7 Å². The molecule has 0 fully saturated rings. The summed E-state index contributed by atoms with van der Waals surface area (Å²) in [6.07, 6.45) is 1.94. The highest BCUT2D eigenvalue weighted by molar-refractivity contribution is 7.13. The van der Waals surface area contributed by atoms with Crippen molar-refractivity contribution in [3.63, 3.8) is 0 Å². The molecular weight excluding hydrogens is 336 g/mol. The maximum absolute atomic E-state index is 5.39. The van der Waals surface area contributed by atoms with Crippen molar-refractivity contribution in [1.29, 1.82) is 0 Å². The standard InChI is InChI=1S/C18H12N4O2S/c1-2-8-22-16(5-1)19-17(15-4-3-9-25-15)18(22)21-20-12-6-7-13-14(10-12)24-11-23-13/h1-10H,11H2. The van der Waals surface area contributed by atoms with Crippen molar-refractivity contribution in [2.75, 3.05) is 6.79 Å². The Morgan fingerprint density at radius 2 is 1.96 bits per heavy atom. The molecule has 0 bridgehead atoms. The minimum atomic E-state index is 0.242. The first-order valence-corrected chi connectivity index (χ1v) is 8.59. The zero-order valence-corrected chi connectivity index (χ0v) is 13.8. The van der Waals surface area contributed by atoms with E-state index in [0.29, 0.717) is 17.3 Å². The van der Waals surface area contributed by atoms with Gasteiger partial charge in [-0.25, -0.2) is 4.98 Å². The molecule has 0 saturated carbocycles. The van der Waals surface area contributed by atoms with Gasteiger partial charge in [0, 0.05) is 12.3 Å². The summed E-state index contributed by atoms with van der Waals surface area (Å²) in [5.41, 5.74) is 2.36. The van der Waals surface area contributed by atoms with Crippen LogP contribution in [0.15, 0.2) is 70.3 Å². The van der Waals surface area contributed by atoms with Crippen molar-refractivity contribution in [3.05, 3.63) is 60.1 Å². The van der Waals surface area contributed by atoms with Crippen molar-refractivity contribution in [1.82, 2.24) is 9.38 Å². The maximum atomic E-state index is 5.39. The molecule has 0 spiro atoms. The highest BCUT2D eigenvalue weighted by atomic mass is 32.1. The predicted octanol–water partition coefficient (Wildman–Crippen LogP) is 5.21. The lowest BCUT2D eigenvalue weighted by molar-refractivity contribution is 0.174. The molecule has 0 aliphatic carbocycles. The number of fused-ring (bicyclic) bond motifs is 2. The molecule has 122 valence electrons. The van der Waals surface area contributed by atoms with Crippen LogP contribution in [-0.2, 0) is 0 Å². The smallest absolute Gasteiger partial charge is 0.231 e. The molecule has 1 aliphatic rings. The molecule has 0 N–H and O–H groups in total. The number of rotatable bonds is 3. The molecule has 1 aromatic carbocycles. The van der Waals surface area contributed by atoms with E-state index in [0.717, 1.165) is 22.0 Å². The Labute approximate surface area is 147 Å². The number of nitrogens with zero attached hydrogens (tertiary/aromatic N) is 4. The third-order valence-electron chi connectivity index (χ3n) is 3.88. The van der Waals surface area contributed by atoms with Crippen molar-refractivity contribution < 1.29 is 9.47 Å². The van der Waals surface area contributed by atoms with Crippen molar-refractivity contribution in [3.8, 4) is 22.1 Å². The fourth-order valence-corrected chi connectivity index (χ4v) is 3.42. The highest BCUT2D eigenvalue weighted by Crippen LogP contribution is 2.37. The predicted molar refractivity (Wildman–Crippen MR) is 95.2 cm³/mol. The van der Waals surface area contributed by atoms with Gasteiger partial charge in [0.2, 0.25) is 6.79 Å². The zero-order valence-electron chi connectivity index (χ0n) is 13.0. The average molecular weight is 348 g/mol. The molecule has 6 nitrogen and oxygen atoms in total. The molecule has 25 heavy (non-hydrogen) atoms. The van der Waals surface area contributed by atoms with Gasteiger partial charge in [0.15, 0.2) is 17.3 Å². The number of imidazole rings is 1. The minimum Gasteiger partial charge on any atom is -0.454 e. The molecule has 0 amide bonds. The van der Waals surface area contributed by atoms with Crippen LogP contribution in [0.5, 0.6) is 11.5 Å². The number of ether oxygens (including phenoxy) is 2. The number of hydrogen-bond acceptors (Lipinski definition) is 6. The van der Waals surface area contributed by atoms with Crippen LogP contribution in [0.25, 0.3) is 16.2 Å². The fraction of sp³-hybridized carbons (Fsp3) is 0.0556. The normalized spacial score (nSPS) is 13.1. The molecule has 0 saturated heterocycles. The maximum Gasteiger partial charge on any atom is 0.231 e. The Kier molecular flexibility index (Phi) is 3.24. The number of hydrogen-bond donors (Lipinski definition) is 0. The Balaban J connectivity index is 1.61. The Hall–Kier alpha value is -3.19. The molecule has 4 heterocycles. The van der Waals surface area contributed by atoms with Gasteiger partial charge in [-0.15, -0.1) is 21.6 Å². The number of aromatic nitrogens is 2. The average Bonchev–Trinajstić information content (AvgIpc) is 3.38. The quantitative estimate of drug-likeness (QED) is 0.478. The number of pyridine rings is 1. The van der Waals surface area contributed by atoms with Crippen LogP contribution in [0.2, 0.25) is 0 Å². The minimum absolute atomic E-state index is 0.242. The van der Waals surface area contributed by atoms with Crippen LogP contribution in [0, 0.1) is 0 Å². The second kappa shape index (κ2) is 5.71. The summed E-state index contributed by atoms with van der Waals surface area (Å²) in [6.45, 7) is 0.242. The topological polar surface area (TPSA) is 60.5 Å². The summed E-state index contributed by atoms with van der Waals surface area (Å²) >= 11 is 1.63. The summed E-state index contributed by atoms with van der Waals surface area (Å²) in [7, 11) is 0. The van der Waals surface area contributed by atoms with Gasteiger partial charge >= 0.3 is 0 Å². The molecule has 4 aromatic rings. The number of benzene rings is 1. The van der Waals surface area contributed by atoms with E-state index in [1.54, 1.807) is 11.3 Å². The SMILES string of the molecule is c1csc(-c2nc3ccccn3c2N=Nc2ccc3c(c2)OCO3)c1. The molecule has 0 atom stereocenters. The number of azo groups is 1. The third kappa shape index (κ3) is 2.45. The Morgan fingerprint density at radius 1 is 1.00 bits per heavy atom. The molecule has 3 aromatic heterocycles. The van der Waals surface area contributed by atoms with E-state index in [1.165, 1.54) is 0 Å². The van der Waals surface area contributed by atoms with Crippen molar-refractivity contribution in [2.24, 2.45) is 10.2 Å². The lowest BCUT2D eigenvalue weighted by Gasteiger charge is -1.98. The number of thiophene rings is 1. The van der Waals surface area contributed by atoms with Crippen LogP contribution >= 0.6 is 11.3 Å². The fourth-order valence-electron chi connectivity index (χ4n) is 2.71. The summed E-state index contributed by atoms with van der Waals surface area (Å²) in [4.78, 5) is 5.76. The lowest BCUT2D eigenvalue weighted by atomic mass is 10.3. The third-order valence-corrected chi connectivity index (χ3v) is 4.75. The van der Waals surface area contributed by atoms with Crippen LogP contribution in [0.3, 0.4) is 0 Å². The first-order chi connectivity index (χ1) is 12.4. The van der Waals surface area contributed by atoms with Crippen molar-refractivity contribution >= 4 is 28.5 Å². The van der Waals surface area contributed by atoms with E-state index >= 15 is 0 Å². The molecule has 1 aliphatic heterocycles. The van der Waals surface area contributed by atoms with Gasteiger partial charge in [-0.1, -0.05) is 12.1 Å². The van der Waals surface area contributed by atoms with Gasteiger partial charge in [-0.3, -0.25) is 4.40 Å². The molecule has 0 radical (unpaired) electrons. The first kappa shape index (κ1) is 14.2. The molecular formula is C18H12N4O2S.